The Balaban J connectivity index is 1.74. The second kappa shape index (κ2) is 6.44. The first-order valence-corrected chi connectivity index (χ1v) is 6.37. The van der Waals surface area contributed by atoms with Gasteiger partial charge in [0.2, 0.25) is 11.9 Å². The first kappa shape index (κ1) is 13.0. The lowest BCUT2D eigenvalue weighted by Crippen LogP contribution is -2.30. The van der Waals surface area contributed by atoms with E-state index in [9.17, 15) is 9.18 Å². The molecule has 1 fully saturated rings. The quantitative estimate of drug-likeness (QED) is 0.804. The van der Waals surface area contributed by atoms with E-state index in [0.29, 0.717) is 12.3 Å². The first-order valence-electron chi connectivity index (χ1n) is 6.37. The summed E-state index contributed by atoms with van der Waals surface area (Å²) in [5.74, 6) is 0.176. The normalized spacial score (nSPS) is 19.5. The van der Waals surface area contributed by atoms with Crippen molar-refractivity contribution in [1.29, 1.82) is 0 Å². The Kier molecular flexibility index (Phi) is 4.64. The van der Waals surface area contributed by atoms with E-state index in [4.69, 9.17) is 0 Å². The monoisotopic (exact) mass is 251 g/mol. The molecule has 98 valence electrons. The van der Waals surface area contributed by atoms with Crippen molar-refractivity contribution in [3.63, 3.8) is 0 Å². The van der Waals surface area contributed by atoms with Crippen molar-refractivity contribution in [3.05, 3.63) is 24.1 Å². The number of amides is 1. The van der Waals surface area contributed by atoms with Crippen LogP contribution < -0.4 is 10.6 Å². The molecule has 1 aliphatic rings. The second-order valence-electron chi connectivity index (χ2n) is 4.64. The lowest BCUT2D eigenvalue weighted by Gasteiger charge is -2.22. The summed E-state index contributed by atoms with van der Waals surface area (Å²) < 4.78 is 12.8. The van der Waals surface area contributed by atoms with Gasteiger partial charge in [0.1, 0.15) is 5.82 Å². The minimum atomic E-state index is -0.579. The molecule has 1 saturated heterocycles. The summed E-state index contributed by atoms with van der Waals surface area (Å²) >= 11 is 0. The number of aromatic nitrogens is 1. The highest BCUT2D eigenvalue weighted by atomic mass is 19.1. The zero-order valence-corrected chi connectivity index (χ0v) is 10.3. The summed E-state index contributed by atoms with van der Waals surface area (Å²) in [5.41, 5.74) is 0. The molecular weight excluding hydrogens is 233 g/mol. The number of piperidine rings is 1. The van der Waals surface area contributed by atoms with Gasteiger partial charge in [-0.1, -0.05) is 6.07 Å². The third-order valence-corrected chi connectivity index (χ3v) is 3.16. The van der Waals surface area contributed by atoms with Crippen molar-refractivity contribution in [2.24, 2.45) is 5.92 Å². The van der Waals surface area contributed by atoms with E-state index in [1.165, 1.54) is 25.0 Å². The van der Waals surface area contributed by atoms with Gasteiger partial charge in [-0.2, -0.15) is 4.39 Å². The summed E-state index contributed by atoms with van der Waals surface area (Å²) in [6, 6.07) is 4.37. The Bertz CT molecular complexity index is 405. The molecule has 1 amide bonds. The van der Waals surface area contributed by atoms with Crippen molar-refractivity contribution in [2.75, 3.05) is 18.4 Å². The van der Waals surface area contributed by atoms with Crippen LogP contribution in [0.3, 0.4) is 0 Å². The molecule has 0 bridgehead atoms. The predicted octanol–water partition coefficient (Wildman–Crippen LogP) is 1.94. The fourth-order valence-electron chi connectivity index (χ4n) is 2.19. The fourth-order valence-corrected chi connectivity index (χ4v) is 2.19. The van der Waals surface area contributed by atoms with Crippen LogP contribution in [0.2, 0.25) is 0 Å². The number of nitrogens with zero attached hydrogens (tertiary/aromatic N) is 1. The van der Waals surface area contributed by atoms with Crippen LogP contribution in [0.4, 0.5) is 10.2 Å². The second-order valence-corrected chi connectivity index (χ2v) is 4.64. The largest absolute Gasteiger partial charge is 0.316 e. The zero-order chi connectivity index (χ0) is 12.8. The molecule has 2 heterocycles. The number of nitrogens with one attached hydrogen (secondary N) is 2. The maximum atomic E-state index is 12.8. The van der Waals surface area contributed by atoms with Crippen LogP contribution in [0.25, 0.3) is 0 Å². The maximum absolute atomic E-state index is 12.8. The molecule has 1 aromatic heterocycles. The van der Waals surface area contributed by atoms with Gasteiger partial charge in [-0.05, 0) is 50.4 Å². The van der Waals surface area contributed by atoms with Crippen LogP contribution in [-0.2, 0) is 4.79 Å². The zero-order valence-electron chi connectivity index (χ0n) is 10.3. The minimum Gasteiger partial charge on any atom is -0.316 e. The van der Waals surface area contributed by atoms with E-state index in [-0.39, 0.29) is 11.7 Å². The molecule has 0 aliphatic carbocycles. The predicted molar refractivity (Wildman–Crippen MR) is 67.7 cm³/mol. The highest BCUT2D eigenvalue weighted by Crippen LogP contribution is 2.16. The van der Waals surface area contributed by atoms with Crippen LogP contribution >= 0.6 is 0 Å². The summed E-state index contributed by atoms with van der Waals surface area (Å²) in [6.07, 6.45) is 3.69. The lowest BCUT2D eigenvalue weighted by molar-refractivity contribution is -0.116. The Morgan fingerprint density at radius 3 is 3.17 bits per heavy atom. The van der Waals surface area contributed by atoms with Gasteiger partial charge in [-0.25, -0.2) is 4.98 Å². The average Bonchev–Trinajstić information content (AvgIpc) is 2.38. The van der Waals surface area contributed by atoms with Crippen molar-refractivity contribution < 1.29 is 9.18 Å². The van der Waals surface area contributed by atoms with Crippen molar-refractivity contribution in [2.45, 2.75) is 25.7 Å². The molecular formula is C13H18FN3O. The van der Waals surface area contributed by atoms with E-state index in [0.717, 1.165) is 19.5 Å². The maximum Gasteiger partial charge on any atom is 0.225 e. The van der Waals surface area contributed by atoms with E-state index in [1.807, 2.05) is 0 Å². The molecule has 18 heavy (non-hydrogen) atoms. The Morgan fingerprint density at radius 2 is 2.44 bits per heavy atom. The van der Waals surface area contributed by atoms with E-state index < -0.39 is 5.95 Å². The average molecular weight is 251 g/mol. The molecule has 4 nitrogen and oxygen atoms in total. The van der Waals surface area contributed by atoms with Gasteiger partial charge in [0.15, 0.2) is 0 Å². The van der Waals surface area contributed by atoms with Crippen molar-refractivity contribution >= 4 is 11.7 Å². The molecule has 2 N–H and O–H groups in total. The minimum absolute atomic E-state index is 0.0985. The summed E-state index contributed by atoms with van der Waals surface area (Å²) in [6.45, 7) is 2.07. The van der Waals surface area contributed by atoms with Gasteiger partial charge >= 0.3 is 0 Å². The summed E-state index contributed by atoms with van der Waals surface area (Å²) in [7, 11) is 0. The molecule has 5 heteroatoms. The Morgan fingerprint density at radius 1 is 1.56 bits per heavy atom. The third-order valence-electron chi connectivity index (χ3n) is 3.16. The number of pyridine rings is 1. The smallest absolute Gasteiger partial charge is 0.225 e. The summed E-state index contributed by atoms with van der Waals surface area (Å²) in [4.78, 5) is 15.3. The van der Waals surface area contributed by atoms with Gasteiger partial charge in [0, 0.05) is 6.42 Å². The van der Waals surface area contributed by atoms with E-state index in [2.05, 4.69) is 15.6 Å². The number of anilines is 1. The first-order chi connectivity index (χ1) is 8.74. The molecule has 0 saturated carbocycles. The number of carbonyl (C=O) groups excluding carboxylic acids is 1. The molecule has 0 radical (unpaired) electrons. The number of hydrogen-bond donors (Lipinski definition) is 2. The van der Waals surface area contributed by atoms with Crippen molar-refractivity contribution in [1.82, 2.24) is 10.3 Å². The van der Waals surface area contributed by atoms with Gasteiger partial charge in [-0.15, -0.1) is 0 Å². The Hall–Kier alpha value is -1.49. The topological polar surface area (TPSA) is 54.0 Å². The van der Waals surface area contributed by atoms with Gasteiger partial charge in [0.05, 0.1) is 0 Å². The molecule has 1 unspecified atom stereocenters. The van der Waals surface area contributed by atoms with Crippen LogP contribution in [0.1, 0.15) is 25.7 Å². The summed E-state index contributed by atoms with van der Waals surface area (Å²) in [5, 5.41) is 5.93. The van der Waals surface area contributed by atoms with Crippen LogP contribution in [0.5, 0.6) is 0 Å². The van der Waals surface area contributed by atoms with Crippen LogP contribution in [-0.4, -0.2) is 24.0 Å². The molecule has 0 spiro atoms. The van der Waals surface area contributed by atoms with Gasteiger partial charge in [-0.3, -0.25) is 4.79 Å². The highest BCUT2D eigenvalue weighted by molar-refractivity contribution is 5.89. The van der Waals surface area contributed by atoms with Crippen LogP contribution in [0.15, 0.2) is 18.2 Å². The fraction of sp³-hybridized carbons (Fsp3) is 0.538. The standard InChI is InChI=1S/C13H18FN3O/c14-11-4-1-5-12(16-11)17-13(18)7-6-10-3-2-8-15-9-10/h1,4-5,10,15H,2-3,6-9H2,(H,16,17,18). The number of carbonyl (C=O) groups is 1. The molecule has 1 atom stereocenters. The molecule has 1 aliphatic heterocycles. The highest BCUT2D eigenvalue weighted by Gasteiger charge is 2.14. The van der Waals surface area contributed by atoms with Gasteiger partial charge in [0.25, 0.3) is 0 Å². The SMILES string of the molecule is O=C(CCC1CCCNC1)Nc1cccc(F)n1. The lowest BCUT2D eigenvalue weighted by atomic mass is 9.94. The van der Waals surface area contributed by atoms with Gasteiger partial charge < -0.3 is 10.6 Å². The van der Waals surface area contributed by atoms with E-state index in [1.54, 1.807) is 6.07 Å². The third kappa shape index (κ3) is 4.07. The number of halogens is 1. The Labute approximate surface area is 106 Å². The molecule has 2 rings (SSSR count). The number of rotatable bonds is 4. The van der Waals surface area contributed by atoms with E-state index >= 15 is 0 Å². The number of hydrogen-bond acceptors (Lipinski definition) is 3. The molecule has 1 aromatic rings. The van der Waals surface area contributed by atoms with Crippen molar-refractivity contribution in [3.8, 4) is 0 Å². The van der Waals surface area contributed by atoms with Crippen LogP contribution in [0, 0.1) is 11.9 Å². The molecule has 0 aromatic carbocycles.